The lowest BCUT2D eigenvalue weighted by atomic mass is 10.0. The van der Waals surface area contributed by atoms with Crippen LogP contribution in [0.4, 0.5) is 9.18 Å². The summed E-state index contributed by atoms with van der Waals surface area (Å²) in [5, 5.41) is 2.88. The number of hydrogen-bond acceptors (Lipinski definition) is 1. The van der Waals surface area contributed by atoms with E-state index in [0.29, 0.717) is 24.6 Å². The Morgan fingerprint density at radius 2 is 2.21 bits per heavy atom. The maximum atomic E-state index is 13.4. The number of benzene rings is 1. The van der Waals surface area contributed by atoms with Crippen LogP contribution in [0.5, 0.6) is 0 Å². The largest absolute Gasteiger partial charge is 0.338 e. The van der Waals surface area contributed by atoms with Gasteiger partial charge in [0.15, 0.2) is 0 Å². The Labute approximate surface area is 113 Å². The van der Waals surface area contributed by atoms with Crippen LogP contribution in [-0.4, -0.2) is 30.1 Å². The van der Waals surface area contributed by atoms with Gasteiger partial charge in [0.05, 0.1) is 0 Å². The molecule has 1 aliphatic rings. The monoisotopic (exact) mass is 264 g/mol. The van der Waals surface area contributed by atoms with Crippen LogP contribution in [0.15, 0.2) is 24.3 Å². The minimum Gasteiger partial charge on any atom is -0.338 e. The molecule has 1 unspecified atom stereocenters. The molecule has 4 heteroatoms. The highest BCUT2D eigenvalue weighted by Crippen LogP contribution is 2.16. The van der Waals surface area contributed by atoms with Crippen molar-refractivity contribution in [3.8, 4) is 0 Å². The van der Waals surface area contributed by atoms with E-state index in [1.807, 2.05) is 11.0 Å². The Morgan fingerprint density at radius 3 is 2.95 bits per heavy atom. The van der Waals surface area contributed by atoms with Crippen molar-refractivity contribution >= 4 is 6.03 Å². The lowest BCUT2D eigenvalue weighted by molar-refractivity contribution is 0.158. The molecule has 0 bridgehead atoms. The summed E-state index contributed by atoms with van der Waals surface area (Å²) in [4.78, 5) is 13.9. The summed E-state index contributed by atoms with van der Waals surface area (Å²) >= 11 is 0. The third-order valence-corrected chi connectivity index (χ3v) is 3.69. The zero-order chi connectivity index (χ0) is 13.7. The standard InChI is InChI=1S/C15H21FN2O/c1-12-6-4-5-11-18(12)15(19)17-10-9-13-7-2-3-8-14(13)16/h2-3,7-8,12H,4-6,9-11H2,1H3,(H,17,19). The maximum Gasteiger partial charge on any atom is 0.317 e. The number of hydrogen-bond donors (Lipinski definition) is 1. The highest BCUT2D eigenvalue weighted by atomic mass is 19.1. The van der Waals surface area contributed by atoms with Gasteiger partial charge in [-0.1, -0.05) is 18.2 Å². The first kappa shape index (κ1) is 13.8. The fourth-order valence-corrected chi connectivity index (χ4v) is 2.51. The number of rotatable bonds is 3. The summed E-state index contributed by atoms with van der Waals surface area (Å²) in [6, 6.07) is 6.97. The van der Waals surface area contributed by atoms with Crippen molar-refractivity contribution in [3.05, 3.63) is 35.6 Å². The maximum absolute atomic E-state index is 13.4. The highest BCUT2D eigenvalue weighted by Gasteiger charge is 2.22. The molecule has 0 aliphatic carbocycles. The van der Waals surface area contributed by atoms with Crippen molar-refractivity contribution in [2.45, 2.75) is 38.6 Å². The molecule has 1 saturated heterocycles. The van der Waals surface area contributed by atoms with Gasteiger partial charge >= 0.3 is 6.03 Å². The van der Waals surface area contributed by atoms with E-state index >= 15 is 0 Å². The van der Waals surface area contributed by atoms with Crippen LogP contribution >= 0.6 is 0 Å². The molecule has 1 aromatic carbocycles. The van der Waals surface area contributed by atoms with Crippen LogP contribution in [0, 0.1) is 5.82 Å². The van der Waals surface area contributed by atoms with Crippen molar-refractivity contribution < 1.29 is 9.18 Å². The first-order valence-electron chi connectivity index (χ1n) is 6.96. The van der Waals surface area contributed by atoms with E-state index in [2.05, 4.69) is 12.2 Å². The van der Waals surface area contributed by atoms with Gasteiger partial charge in [0.2, 0.25) is 0 Å². The summed E-state index contributed by atoms with van der Waals surface area (Å²) in [5.41, 5.74) is 0.648. The number of nitrogens with one attached hydrogen (secondary N) is 1. The molecule has 1 heterocycles. The number of carbonyl (C=O) groups is 1. The number of piperidine rings is 1. The SMILES string of the molecule is CC1CCCCN1C(=O)NCCc1ccccc1F. The van der Waals surface area contributed by atoms with Gasteiger partial charge in [-0.2, -0.15) is 0 Å². The number of urea groups is 1. The third kappa shape index (κ3) is 3.69. The molecule has 1 aromatic rings. The zero-order valence-corrected chi connectivity index (χ0v) is 11.4. The molecule has 3 nitrogen and oxygen atoms in total. The second kappa shape index (κ2) is 6.55. The summed E-state index contributed by atoms with van der Waals surface area (Å²) in [7, 11) is 0. The van der Waals surface area contributed by atoms with Crippen LogP contribution in [0.3, 0.4) is 0 Å². The number of amides is 2. The summed E-state index contributed by atoms with van der Waals surface area (Å²) in [6.45, 7) is 3.38. The van der Waals surface area contributed by atoms with Gasteiger partial charge in [-0.15, -0.1) is 0 Å². The smallest absolute Gasteiger partial charge is 0.317 e. The van der Waals surface area contributed by atoms with E-state index in [1.54, 1.807) is 12.1 Å². The molecule has 1 atom stereocenters. The van der Waals surface area contributed by atoms with Crippen molar-refractivity contribution in [3.63, 3.8) is 0 Å². The van der Waals surface area contributed by atoms with Crippen LogP contribution in [-0.2, 0) is 6.42 Å². The van der Waals surface area contributed by atoms with Gasteiger partial charge in [0.25, 0.3) is 0 Å². The molecule has 19 heavy (non-hydrogen) atoms. The number of carbonyl (C=O) groups excluding carboxylic acids is 1. The van der Waals surface area contributed by atoms with Gasteiger partial charge in [0, 0.05) is 19.1 Å². The quantitative estimate of drug-likeness (QED) is 0.894. The second-order valence-corrected chi connectivity index (χ2v) is 5.11. The highest BCUT2D eigenvalue weighted by molar-refractivity contribution is 5.74. The Hall–Kier alpha value is -1.58. The molecule has 1 N–H and O–H groups in total. The third-order valence-electron chi connectivity index (χ3n) is 3.69. The van der Waals surface area contributed by atoms with Crippen LogP contribution in [0.1, 0.15) is 31.7 Å². The van der Waals surface area contributed by atoms with Crippen molar-refractivity contribution in [2.75, 3.05) is 13.1 Å². The van der Waals surface area contributed by atoms with Gasteiger partial charge < -0.3 is 10.2 Å². The Morgan fingerprint density at radius 1 is 1.42 bits per heavy atom. The number of halogens is 1. The molecule has 2 amide bonds. The molecule has 104 valence electrons. The Kier molecular flexibility index (Phi) is 4.77. The van der Waals surface area contributed by atoms with Crippen molar-refractivity contribution in [1.29, 1.82) is 0 Å². The van der Waals surface area contributed by atoms with E-state index in [9.17, 15) is 9.18 Å². The molecule has 0 spiro atoms. The van der Waals surface area contributed by atoms with Crippen LogP contribution in [0.25, 0.3) is 0 Å². The van der Waals surface area contributed by atoms with Gasteiger partial charge in [-0.25, -0.2) is 9.18 Å². The van der Waals surface area contributed by atoms with E-state index < -0.39 is 0 Å². The van der Waals surface area contributed by atoms with E-state index in [0.717, 1.165) is 19.4 Å². The topological polar surface area (TPSA) is 32.3 Å². The number of nitrogens with zero attached hydrogens (tertiary/aromatic N) is 1. The fourth-order valence-electron chi connectivity index (χ4n) is 2.51. The lowest BCUT2D eigenvalue weighted by Crippen LogP contribution is -2.47. The predicted molar refractivity (Wildman–Crippen MR) is 73.5 cm³/mol. The summed E-state index contributed by atoms with van der Waals surface area (Å²) in [5.74, 6) is -0.205. The van der Waals surface area contributed by atoms with E-state index in [1.165, 1.54) is 12.5 Å². The summed E-state index contributed by atoms with van der Waals surface area (Å²) < 4.78 is 13.4. The molecular formula is C15H21FN2O. The average molecular weight is 264 g/mol. The van der Waals surface area contributed by atoms with Gasteiger partial charge in [0.1, 0.15) is 5.82 Å². The summed E-state index contributed by atoms with van der Waals surface area (Å²) in [6.07, 6.45) is 3.87. The van der Waals surface area contributed by atoms with Crippen LogP contribution in [0.2, 0.25) is 0 Å². The Bertz CT molecular complexity index is 436. The zero-order valence-electron chi connectivity index (χ0n) is 11.4. The molecule has 1 aliphatic heterocycles. The average Bonchev–Trinajstić information content (AvgIpc) is 2.41. The Balaban J connectivity index is 1.79. The number of likely N-dealkylation sites (tertiary alicyclic amines) is 1. The molecule has 0 saturated carbocycles. The second-order valence-electron chi connectivity index (χ2n) is 5.11. The normalized spacial score (nSPS) is 19.3. The van der Waals surface area contributed by atoms with Gasteiger partial charge in [-0.05, 0) is 44.2 Å². The van der Waals surface area contributed by atoms with Crippen molar-refractivity contribution in [1.82, 2.24) is 10.2 Å². The first-order valence-corrected chi connectivity index (χ1v) is 6.96. The molecule has 0 aromatic heterocycles. The van der Waals surface area contributed by atoms with Crippen molar-refractivity contribution in [2.24, 2.45) is 0 Å². The minimum atomic E-state index is -0.205. The first-order chi connectivity index (χ1) is 9.18. The molecule has 2 rings (SSSR count). The van der Waals surface area contributed by atoms with Gasteiger partial charge in [-0.3, -0.25) is 0 Å². The fraction of sp³-hybridized carbons (Fsp3) is 0.533. The van der Waals surface area contributed by atoms with E-state index in [4.69, 9.17) is 0 Å². The minimum absolute atomic E-state index is 0.0245. The predicted octanol–water partition coefficient (Wildman–Crippen LogP) is 2.95. The lowest BCUT2D eigenvalue weighted by Gasteiger charge is -2.33. The van der Waals surface area contributed by atoms with Crippen LogP contribution < -0.4 is 5.32 Å². The molecule has 0 radical (unpaired) electrons. The molecular weight excluding hydrogens is 243 g/mol. The van der Waals surface area contributed by atoms with E-state index in [-0.39, 0.29) is 11.8 Å². The molecule has 1 fully saturated rings.